The molecule has 1 fully saturated rings. The first-order valence-corrected chi connectivity index (χ1v) is 13.1. The van der Waals surface area contributed by atoms with Crippen molar-refractivity contribution in [1.29, 1.82) is 0 Å². The Balaban J connectivity index is 1.04. The van der Waals surface area contributed by atoms with Gasteiger partial charge in [0.1, 0.15) is 5.82 Å². The van der Waals surface area contributed by atoms with Crippen LogP contribution in [0, 0.1) is 0 Å². The summed E-state index contributed by atoms with van der Waals surface area (Å²) in [5, 5.41) is 6.27. The van der Waals surface area contributed by atoms with Crippen molar-refractivity contribution in [2.45, 2.75) is 19.3 Å². The molecule has 1 aliphatic rings. The fourth-order valence-electron chi connectivity index (χ4n) is 4.32. The Morgan fingerprint density at radius 1 is 0.970 bits per heavy atom. The van der Waals surface area contributed by atoms with Gasteiger partial charge >= 0.3 is 0 Å². The molecule has 7 heteroatoms. The number of nitrogens with zero attached hydrogens (tertiary/aromatic N) is 3. The van der Waals surface area contributed by atoms with E-state index in [1.807, 2.05) is 29.6 Å². The van der Waals surface area contributed by atoms with Gasteiger partial charge in [0.15, 0.2) is 0 Å². The minimum atomic E-state index is 0.0370. The van der Waals surface area contributed by atoms with Crippen molar-refractivity contribution in [3.63, 3.8) is 0 Å². The minimum Gasteiger partial charge on any atom is -0.353 e. The average molecular weight is 477 g/mol. The number of thiophene rings is 1. The van der Waals surface area contributed by atoms with Gasteiger partial charge in [-0.15, -0.1) is 11.3 Å². The Morgan fingerprint density at radius 2 is 1.79 bits per heavy atom. The highest BCUT2D eigenvalue weighted by Crippen LogP contribution is 2.29. The topological polar surface area (TPSA) is 48.5 Å². The van der Waals surface area contributed by atoms with Gasteiger partial charge in [-0.1, -0.05) is 30.3 Å². The molecule has 33 heavy (non-hydrogen) atoms. The lowest BCUT2D eigenvalue weighted by Gasteiger charge is -2.35. The lowest BCUT2D eigenvalue weighted by molar-refractivity contribution is -0.115. The monoisotopic (exact) mass is 476 g/mol. The van der Waals surface area contributed by atoms with E-state index in [0.29, 0.717) is 6.42 Å². The molecule has 5 rings (SSSR count). The number of piperazine rings is 1. The molecule has 2 aromatic carbocycles. The summed E-state index contributed by atoms with van der Waals surface area (Å²) >= 11 is 3.21. The SMILES string of the molecule is O=C(Cc1cccs1)Nc1ccc(CCCN2CCN(c3nsc4ccccc34)CC2)cc1. The Bertz CT molecular complexity index is 1180. The van der Waals surface area contributed by atoms with E-state index in [1.54, 1.807) is 22.9 Å². The van der Waals surface area contributed by atoms with E-state index in [-0.39, 0.29) is 5.91 Å². The predicted octanol–water partition coefficient (Wildman–Crippen LogP) is 5.29. The smallest absolute Gasteiger partial charge is 0.229 e. The summed E-state index contributed by atoms with van der Waals surface area (Å²) in [4.78, 5) is 18.2. The first-order chi connectivity index (χ1) is 16.2. The number of aromatic nitrogens is 1. The second kappa shape index (κ2) is 10.5. The summed E-state index contributed by atoms with van der Waals surface area (Å²) < 4.78 is 5.98. The van der Waals surface area contributed by atoms with E-state index in [2.05, 4.69) is 51.5 Å². The molecule has 1 N–H and O–H groups in total. The standard InChI is InChI=1S/C26H28N4OS2/c31-25(19-22-6-4-18-32-22)27-21-11-9-20(10-12-21)5-3-13-29-14-16-30(17-15-29)26-23-7-1-2-8-24(23)33-28-26/h1-2,4,6-12,18H,3,5,13-17,19H2,(H,27,31). The quantitative estimate of drug-likeness (QED) is 0.375. The van der Waals surface area contributed by atoms with Crippen LogP contribution >= 0.6 is 22.9 Å². The minimum absolute atomic E-state index is 0.0370. The molecule has 0 aliphatic carbocycles. The summed E-state index contributed by atoms with van der Waals surface area (Å²) in [5.74, 6) is 1.19. The van der Waals surface area contributed by atoms with Crippen molar-refractivity contribution >= 4 is 50.4 Å². The molecular formula is C26H28N4OS2. The Hall–Kier alpha value is -2.74. The van der Waals surface area contributed by atoms with Gasteiger partial charge in [0.05, 0.1) is 11.1 Å². The zero-order chi connectivity index (χ0) is 22.5. The maximum absolute atomic E-state index is 12.2. The van der Waals surface area contributed by atoms with Crippen molar-refractivity contribution in [3.05, 3.63) is 76.5 Å². The largest absolute Gasteiger partial charge is 0.353 e. The van der Waals surface area contributed by atoms with Crippen LogP contribution in [-0.2, 0) is 17.6 Å². The second-order valence-electron chi connectivity index (χ2n) is 8.44. The molecule has 1 amide bonds. The molecule has 3 heterocycles. The van der Waals surface area contributed by atoms with Gasteiger partial charge < -0.3 is 10.2 Å². The van der Waals surface area contributed by atoms with Crippen LogP contribution in [0.3, 0.4) is 0 Å². The van der Waals surface area contributed by atoms with E-state index >= 15 is 0 Å². The van der Waals surface area contributed by atoms with Crippen molar-refractivity contribution in [2.24, 2.45) is 0 Å². The van der Waals surface area contributed by atoms with Gasteiger partial charge in [0, 0.05) is 42.1 Å². The van der Waals surface area contributed by atoms with Crippen LogP contribution in [0.4, 0.5) is 11.5 Å². The molecule has 5 nitrogen and oxygen atoms in total. The van der Waals surface area contributed by atoms with E-state index in [4.69, 9.17) is 4.37 Å². The maximum atomic E-state index is 12.2. The van der Waals surface area contributed by atoms with Crippen LogP contribution < -0.4 is 10.2 Å². The van der Waals surface area contributed by atoms with Crippen LogP contribution in [0.1, 0.15) is 16.9 Å². The summed E-state index contributed by atoms with van der Waals surface area (Å²) in [5.41, 5.74) is 2.19. The van der Waals surface area contributed by atoms with Gasteiger partial charge in [0.2, 0.25) is 5.91 Å². The molecule has 0 radical (unpaired) electrons. The normalized spacial score (nSPS) is 14.6. The van der Waals surface area contributed by atoms with Gasteiger partial charge in [-0.25, -0.2) is 0 Å². The lowest BCUT2D eigenvalue weighted by atomic mass is 10.1. The molecule has 2 aromatic heterocycles. The number of benzene rings is 2. The summed E-state index contributed by atoms with van der Waals surface area (Å²) in [7, 11) is 0. The molecule has 0 unspecified atom stereocenters. The second-order valence-corrected chi connectivity index (χ2v) is 10.3. The van der Waals surface area contributed by atoms with Crippen molar-refractivity contribution in [2.75, 3.05) is 42.9 Å². The highest BCUT2D eigenvalue weighted by molar-refractivity contribution is 7.13. The molecule has 170 valence electrons. The third-order valence-electron chi connectivity index (χ3n) is 6.12. The Labute approximate surface area is 202 Å². The number of nitrogens with one attached hydrogen (secondary N) is 1. The molecule has 4 aromatic rings. The number of anilines is 2. The number of rotatable bonds is 8. The predicted molar refractivity (Wildman–Crippen MR) is 140 cm³/mol. The number of carbonyl (C=O) groups excluding carboxylic acids is 1. The van der Waals surface area contributed by atoms with Crippen LogP contribution in [0.25, 0.3) is 10.1 Å². The molecule has 0 spiro atoms. The molecule has 0 atom stereocenters. The number of hydrogen-bond acceptors (Lipinski definition) is 6. The molecule has 0 saturated carbocycles. The first-order valence-electron chi connectivity index (χ1n) is 11.5. The highest BCUT2D eigenvalue weighted by atomic mass is 32.1. The van der Waals surface area contributed by atoms with E-state index in [9.17, 15) is 4.79 Å². The van der Waals surface area contributed by atoms with E-state index < -0.39 is 0 Å². The third-order valence-corrected chi connectivity index (χ3v) is 7.82. The van der Waals surface area contributed by atoms with E-state index in [1.165, 1.54) is 15.6 Å². The summed E-state index contributed by atoms with van der Waals surface area (Å²) in [6, 6.07) is 20.8. The van der Waals surface area contributed by atoms with Crippen molar-refractivity contribution in [1.82, 2.24) is 9.27 Å². The molecular weight excluding hydrogens is 448 g/mol. The first kappa shape index (κ1) is 22.1. The van der Waals surface area contributed by atoms with Crippen molar-refractivity contribution < 1.29 is 4.79 Å². The van der Waals surface area contributed by atoms with Crippen LogP contribution in [-0.4, -0.2) is 47.9 Å². The zero-order valence-electron chi connectivity index (χ0n) is 18.6. The average Bonchev–Trinajstić information content (AvgIpc) is 3.51. The van der Waals surface area contributed by atoms with Gasteiger partial charge in [-0.3, -0.25) is 9.69 Å². The van der Waals surface area contributed by atoms with E-state index in [0.717, 1.165) is 61.9 Å². The number of aryl methyl sites for hydroxylation is 1. The number of carbonyl (C=O) groups is 1. The Morgan fingerprint density at radius 3 is 2.58 bits per heavy atom. The summed E-state index contributed by atoms with van der Waals surface area (Å²) in [6.45, 7) is 5.36. The van der Waals surface area contributed by atoms with Crippen LogP contribution in [0.2, 0.25) is 0 Å². The number of hydrogen-bond donors (Lipinski definition) is 1. The van der Waals surface area contributed by atoms with Crippen LogP contribution in [0.5, 0.6) is 0 Å². The van der Waals surface area contributed by atoms with Gasteiger partial charge in [-0.05, 0) is 72.2 Å². The molecule has 1 aliphatic heterocycles. The van der Waals surface area contributed by atoms with Crippen molar-refractivity contribution in [3.8, 4) is 0 Å². The zero-order valence-corrected chi connectivity index (χ0v) is 20.2. The molecule has 1 saturated heterocycles. The lowest BCUT2D eigenvalue weighted by Crippen LogP contribution is -2.46. The number of fused-ring (bicyclic) bond motifs is 1. The third kappa shape index (κ3) is 5.61. The fraction of sp³-hybridized carbons (Fsp3) is 0.308. The fourth-order valence-corrected chi connectivity index (χ4v) is 5.82. The van der Waals surface area contributed by atoms with Gasteiger partial charge in [0.25, 0.3) is 0 Å². The molecule has 0 bridgehead atoms. The maximum Gasteiger partial charge on any atom is 0.229 e. The summed E-state index contributed by atoms with van der Waals surface area (Å²) in [6.07, 6.45) is 2.63. The van der Waals surface area contributed by atoms with Crippen LogP contribution in [0.15, 0.2) is 66.0 Å². The highest BCUT2D eigenvalue weighted by Gasteiger charge is 2.20. The number of amides is 1. The van der Waals surface area contributed by atoms with Gasteiger partial charge in [-0.2, -0.15) is 4.37 Å². The Kier molecular flexibility index (Phi) is 7.00.